The molecule has 0 spiro atoms. The zero-order chi connectivity index (χ0) is 14.5. The third-order valence-electron chi connectivity index (χ3n) is 3.71. The van der Waals surface area contributed by atoms with Gasteiger partial charge in [0.25, 0.3) is 0 Å². The zero-order valence-electron chi connectivity index (χ0n) is 11.2. The smallest absolute Gasteiger partial charge is 0.391 e. The van der Waals surface area contributed by atoms with Gasteiger partial charge in [-0.05, 0) is 32.1 Å². The van der Waals surface area contributed by atoms with Crippen LogP contribution in [0.25, 0.3) is 0 Å². The predicted molar refractivity (Wildman–Crippen MR) is 65.5 cm³/mol. The summed E-state index contributed by atoms with van der Waals surface area (Å²) >= 11 is 0. The van der Waals surface area contributed by atoms with Gasteiger partial charge in [-0.15, -0.1) is 0 Å². The largest absolute Gasteiger partial charge is 0.395 e. The van der Waals surface area contributed by atoms with Crippen LogP contribution in [0, 0.1) is 11.8 Å². The number of nitrogens with zero attached hydrogens (tertiary/aromatic N) is 1. The summed E-state index contributed by atoms with van der Waals surface area (Å²) in [4.78, 5) is 13.7. The van der Waals surface area contributed by atoms with Crippen molar-refractivity contribution in [3.05, 3.63) is 0 Å². The van der Waals surface area contributed by atoms with Crippen LogP contribution < -0.4 is 0 Å². The topological polar surface area (TPSA) is 40.5 Å². The number of aliphatic hydroxyl groups is 1. The molecule has 1 aliphatic carbocycles. The van der Waals surface area contributed by atoms with Crippen molar-refractivity contribution in [2.45, 2.75) is 45.2 Å². The van der Waals surface area contributed by atoms with Crippen LogP contribution in [0.4, 0.5) is 13.2 Å². The second-order valence-electron chi connectivity index (χ2n) is 5.14. The summed E-state index contributed by atoms with van der Waals surface area (Å²) < 4.78 is 37.6. The number of aliphatic hydroxyl groups excluding tert-OH is 1. The standard InChI is InChI=1S/C13H22F3NO2/c1-2-7-17(8-9-18)12(19)10-3-5-11(6-4-10)13(14,15)16/h10-11,18H,2-9H2,1H3. The summed E-state index contributed by atoms with van der Waals surface area (Å²) in [6.07, 6.45) is -2.67. The molecule has 0 heterocycles. The molecule has 19 heavy (non-hydrogen) atoms. The minimum atomic E-state index is -4.14. The van der Waals surface area contributed by atoms with Crippen molar-refractivity contribution >= 4 is 5.91 Å². The summed E-state index contributed by atoms with van der Waals surface area (Å²) in [5, 5.41) is 8.92. The first-order valence-corrected chi connectivity index (χ1v) is 6.86. The Morgan fingerprint density at radius 1 is 1.21 bits per heavy atom. The number of rotatable bonds is 5. The maximum Gasteiger partial charge on any atom is 0.391 e. The fourth-order valence-corrected chi connectivity index (χ4v) is 2.65. The Kier molecular flexibility index (Phi) is 6.10. The molecule has 1 saturated carbocycles. The zero-order valence-corrected chi connectivity index (χ0v) is 11.2. The van der Waals surface area contributed by atoms with Crippen molar-refractivity contribution in [1.82, 2.24) is 4.90 Å². The molecule has 0 bridgehead atoms. The van der Waals surface area contributed by atoms with Gasteiger partial charge in [-0.3, -0.25) is 4.79 Å². The Balaban J connectivity index is 2.51. The molecular weight excluding hydrogens is 259 g/mol. The third-order valence-corrected chi connectivity index (χ3v) is 3.71. The van der Waals surface area contributed by atoms with E-state index >= 15 is 0 Å². The van der Waals surface area contributed by atoms with E-state index in [1.807, 2.05) is 6.92 Å². The molecule has 1 N–H and O–H groups in total. The highest BCUT2D eigenvalue weighted by Crippen LogP contribution is 2.39. The SMILES string of the molecule is CCCN(CCO)C(=O)C1CCC(C(F)(F)F)CC1. The van der Waals surface area contributed by atoms with Gasteiger partial charge < -0.3 is 10.0 Å². The van der Waals surface area contributed by atoms with Crippen molar-refractivity contribution in [3.8, 4) is 0 Å². The van der Waals surface area contributed by atoms with Gasteiger partial charge >= 0.3 is 6.18 Å². The number of alkyl halides is 3. The first kappa shape index (κ1) is 16.3. The van der Waals surface area contributed by atoms with E-state index in [0.29, 0.717) is 19.4 Å². The number of hydrogen-bond donors (Lipinski definition) is 1. The van der Waals surface area contributed by atoms with E-state index in [-0.39, 0.29) is 37.8 Å². The van der Waals surface area contributed by atoms with Crippen molar-refractivity contribution < 1.29 is 23.1 Å². The Bertz CT molecular complexity index is 280. The van der Waals surface area contributed by atoms with Crippen molar-refractivity contribution in [1.29, 1.82) is 0 Å². The molecule has 0 radical (unpaired) electrons. The number of carbonyl (C=O) groups excluding carboxylic acids is 1. The highest BCUT2D eigenvalue weighted by Gasteiger charge is 2.42. The maximum absolute atomic E-state index is 12.5. The second kappa shape index (κ2) is 7.12. The summed E-state index contributed by atoms with van der Waals surface area (Å²) in [7, 11) is 0. The van der Waals surface area contributed by atoms with E-state index < -0.39 is 12.1 Å². The third kappa shape index (κ3) is 4.67. The molecular formula is C13H22F3NO2. The van der Waals surface area contributed by atoms with Crippen LogP contribution in [0.1, 0.15) is 39.0 Å². The van der Waals surface area contributed by atoms with Crippen molar-refractivity contribution in [2.75, 3.05) is 19.7 Å². The summed E-state index contributed by atoms with van der Waals surface area (Å²) in [5.74, 6) is -1.66. The Morgan fingerprint density at radius 2 is 1.79 bits per heavy atom. The van der Waals surface area contributed by atoms with Crippen LogP contribution in [-0.2, 0) is 4.79 Å². The molecule has 0 unspecified atom stereocenters. The lowest BCUT2D eigenvalue weighted by molar-refractivity contribution is -0.185. The molecule has 0 aromatic rings. The van der Waals surface area contributed by atoms with E-state index in [1.54, 1.807) is 4.90 Å². The summed E-state index contributed by atoms with van der Waals surface area (Å²) in [5.41, 5.74) is 0. The number of hydrogen-bond acceptors (Lipinski definition) is 2. The first-order chi connectivity index (χ1) is 8.90. The number of amides is 1. The van der Waals surface area contributed by atoms with Gasteiger partial charge in [0.05, 0.1) is 12.5 Å². The Morgan fingerprint density at radius 3 is 2.21 bits per heavy atom. The van der Waals surface area contributed by atoms with Crippen molar-refractivity contribution in [3.63, 3.8) is 0 Å². The van der Waals surface area contributed by atoms with E-state index in [9.17, 15) is 18.0 Å². The van der Waals surface area contributed by atoms with Crippen LogP contribution in [-0.4, -0.2) is 41.8 Å². The van der Waals surface area contributed by atoms with Gasteiger partial charge in [-0.2, -0.15) is 13.2 Å². The van der Waals surface area contributed by atoms with Gasteiger partial charge in [-0.25, -0.2) is 0 Å². The summed E-state index contributed by atoms with van der Waals surface area (Å²) in [6.45, 7) is 2.65. The molecule has 0 saturated heterocycles. The lowest BCUT2D eigenvalue weighted by atomic mass is 9.81. The molecule has 1 aliphatic rings. The van der Waals surface area contributed by atoms with Gasteiger partial charge in [-0.1, -0.05) is 6.92 Å². The molecule has 0 aliphatic heterocycles. The highest BCUT2D eigenvalue weighted by molar-refractivity contribution is 5.78. The van der Waals surface area contributed by atoms with Crippen LogP contribution in [0.15, 0.2) is 0 Å². The van der Waals surface area contributed by atoms with Crippen LogP contribution >= 0.6 is 0 Å². The van der Waals surface area contributed by atoms with Crippen molar-refractivity contribution in [2.24, 2.45) is 11.8 Å². The number of halogens is 3. The molecule has 6 heteroatoms. The fourth-order valence-electron chi connectivity index (χ4n) is 2.65. The molecule has 1 rings (SSSR count). The second-order valence-corrected chi connectivity index (χ2v) is 5.14. The average Bonchev–Trinajstić information content (AvgIpc) is 2.37. The van der Waals surface area contributed by atoms with E-state index in [2.05, 4.69) is 0 Å². The average molecular weight is 281 g/mol. The summed E-state index contributed by atoms with van der Waals surface area (Å²) in [6, 6.07) is 0. The number of carbonyl (C=O) groups is 1. The molecule has 3 nitrogen and oxygen atoms in total. The van der Waals surface area contributed by atoms with E-state index in [4.69, 9.17) is 5.11 Å². The first-order valence-electron chi connectivity index (χ1n) is 6.86. The van der Waals surface area contributed by atoms with E-state index in [1.165, 1.54) is 0 Å². The normalized spacial score (nSPS) is 24.3. The molecule has 1 amide bonds. The maximum atomic E-state index is 12.5. The van der Waals surface area contributed by atoms with Gasteiger partial charge in [0.15, 0.2) is 0 Å². The van der Waals surface area contributed by atoms with Gasteiger partial charge in [0.1, 0.15) is 0 Å². The minimum absolute atomic E-state index is 0.0407. The monoisotopic (exact) mass is 281 g/mol. The molecule has 0 aromatic heterocycles. The van der Waals surface area contributed by atoms with Crippen LogP contribution in [0.3, 0.4) is 0 Å². The van der Waals surface area contributed by atoms with Crippen LogP contribution in [0.5, 0.6) is 0 Å². The van der Waals surface area contributed by atoms with Gasteiger partial charge in [0, 0.05) is 19.0 Å². The lowest BCUT2D eigenvalue weighted by Gasteiger charge is -2.32. The fraction of sp³-hybridized carbons (Fsp3) is 0.923. The molecule has 112 valence electrons. The molecule has 0 atom stereocenters. The van der Waals surface area contributed by atoms with Crippen LogP contribution in [0.2, 0.25) is 0 Å². The lowest BCUT2D eigenvalue weighted by Crippen LogP contribution is -2.41. The molecule has 1 fully saturated rings. The Hall–Kier alpha value is -0.780. The highest BCUT2D eigenvalue weighted by atomic mass is 19.4. The molecule has 0 aromatic carbocycles. The van der Waals surface area contributed by atoms with Gasteiger partial charge in [0.2, 0.25) is 5.91 Å². The Labute approximate surface area is 111 Å². The minimum Gasteiger partial charge on any atom is -0.395 e. The van der Waals surface area contributed by atoms with E-state index in [0.717, 1.165) is 6.42 Å². The quantitative estimate of drug-likeness (QED) is 0.841. The predicted octanol–water partition coefficient (Wildman–Crippen LogP) is 2.59.